The van der Waals surface area contributed by atoms with E-state index in [2.05, 4.69) is 27.0 Å². The fourth-order valence-corrected chi connectivity index (χ4v) is 6.45. The van der Waals surface area contributed by atoms with Crippen LogP contribution in [0.25, 0.3) is 0 Å². The van der Waals surface area contributed by atoms with Crippen molar-refractivity contribution in [2.75, 3.05) is 36.8 Å². The monoisotopic (exact) mass is 604 g/mol. The van der Waals surface area contributed by atoms with Crippen LogP contribution in [0.3, 0.4) is 0 Å². The number of carbonyl (C=O) groups is 1. The van der Waals surface area contributed by atoms with E-state index >= 15 is 0 Å². The third-order valence-corrected chi connectivity index (χ3v) is 9.34. The van der Waals surface area contributed by atoms with Crippen molar-refractivity contribution in [2.24, 2.45) is 5.92 Å². The van der Waals surface area contributed by atoms with Gasteiger partial charge in [-0.3, -0.25) is 9.52 Å². The van der Waals surface area contributed by atoms with E-state index in [4.69, 9.17) is 32.7 Å². The maximum Gasteiger partial charge on any atom is 0.262 e. The molecular weight excluding hydrogens is 575 g/mol. The highest BCUT2D eigenvalue weighted by molar-refractivity contribution is 7.92. The number of pyridine rings is 1. The molecule has 212 valence electrons. The Morgan fingerprint density at radius 2 is 1.88 bits per heavy atom. The van der Waals surface area contributed by atoms with Crippen LogP contribution in [0.15, 0.2) is 47.4 Å². The molecule has 1 amide bonds. The van der Waals surface area contributed by atoms with Gasteiger partial charge in [0.1, 0.15) is 23.9 Å². The van der Waals surface area contributed by atoms with Crippen molar-refractivity contribution >= 4 is 50.6 Å². The minimum Gasteiger partial charge on any atom is -0.492 e. The van der Waals surface area contributed by atoms with Crippen molar-refractivity contribution in [1.82, 2.24) is 9.88 Å². The number of hydrogen-bond acceptors (Lipinski definition) is 7. The van der Waals surface area contributed by atoms with Crippen LogP contribution < -0.4 is 19.5 Å². The molecule has 1 aromatic heterocycles. The molecule has 0 bridgehead atoms. The summed E-state index contributed by atoms with van der Waals surface area (Å²) < 4.78 is 41.2. The van der Waals surface area contributed by atoms with Crippen molar-refractivity contribution in [2.45, 2.75) is 37.7 Å². The van der Waals surface area contributed by atoms with Crippen LogP contribution in [0, 0.1) is 12.8 Å². The summed E-state index contributed by atoms with van der Waals surface area (Å²) in [5, 5.41) is 3.51. The first-order valence-electron chi connectivity index (χ1n) is 12.9. The summed E-state index contributed by atoms with van der Waals surface area (Å²) >= 11 is 12.6. The number of carbonyl (C=O) groups excluding carboxylic acids is 1. The van der Waals surface area contributed by atoms with Gasteiger partial charge in [-0.15, -0.1) is 0 Å². The van der Waals surface area contributed by atoms with Gasteiger partial charge >= 0.3 is 0 Å². The molecule has 2 aromatic carbocycles. The molecular formula is C28H30Cl2N4O5S. The lowest BCUT2D eigenvalue weighted by atomic mass is 9.98. The minimum absolute atomic E-state index is 0.0212. The number of nitrogens with zero attached hydrogens (tertiary/aromatic N) is 2. The van der Waals surface area contributed by atoms with E-state index in [0.717, 1.165) is 31.5 Å². The van der Waals surface area contributed by atoms with Gasteiger partial charge < -0.3 is 19.7 Å². The molecule has 0 saturated carbocycles. The summed E-state index contributed by atoms with van der Waals surface area (Å²) in [6.45, 7) is 4.37. The molecule has 1 saturated heterocycles. The number of anilines is 2. The molecule has 2 aliphatic heterocycles. The first-order chi connectivity index (χ1) is 19.1. The summed E-state index contributed by atoms with van der Waals surface area (Å²) in [7, 11) is -1.92. The zero-order valence-corrected chi connectivity index (χ0v) is 24.5. The largest absolute Gasteiger partial charge is 0.492 e. The van der Waals surface area contributed by atoms with Crippen LogP contribution >= 0.6 is 23.2 Å². The lowest BCUT2D eigenvalue weighted by molar-refractivity contribution is -0.115. The first kappa shape index (κ1) is 28.5. The van der Waals surface area contributed by atoms with E-state index < -0.39 is 10.0 Å². The summed E-state index contributed by atoms with van der Waals surface area (Å²) in [4.78, 5) is 18.7. The summed E-state index contributed by atoms with van der Waals surface area (Å²) in [6.07, 6.45) is 2.23. The molecule has 3 aromatic rings. The molecule has 2 aliphatic rings. The van der Waals surface area contributed by atoms with E-state index in [1.165, 1.54) is 6.07 Å². The predicted octanol–water partition coefficient (Wildman–Crippen LogP) is 5.29. The van der Waals surface area contributed by atoms with Crippen LogP contribution in [0.5, 0.6) is 11.6 Å². The highest BCUT2D eigenvalue weighted by atomic mass is 35.5. The average molecular weight is 606 g/mol. The molecule has 0 aliphatic carbocycles. The highest BCUT2D eigenvalue weighted by Crippen LogP contribution is 2.35. The number of halogens is 2. The lowest BCUT2D eigenvalue weighted by Crippen LogP contribution is -2.32. The van der Waals surface area contributed by atoms with E-state index in [1.807, 2.05) is 6.07 Å². The van der Waals surface area contributed by atoms with Crippen LogP contribution in [0.2, 0.25) is 10.0 Å². The van der Waals surface area contributed by atoms with Crippen LogP contribution in [-0.2, 0) is 27.8 Å². The topological polar surface area (TPSA) is 110 Å². The number of amides is 1. The third kappa shape index (κ3) is 6.46. The number of ether oxygens (including phenoxy) is 2. The van der Waals surface area contributed by atoms with Gasteiger partial charge in [-0.25, -0.2) is 8.42 Å². The molecule has 0 radical (unpaired) electrons. The molecule has 0 unspecified atom stereocenters. The Kier molecular flexibility index (Phi) is 8.42. The van der Waals surface area contributed by atoms with Crippen molar-refractivity contribution in [3.8, 4) is 11.6 Å². The molecule has 0 spiro atoms. The molecule has 12 heteroatoms. The fraction of sp³-hybridized carbons (Fsp3) is 0.357. The standard InChI is InChI=1S/C28H30Cl2N4O5S/c1-17-21(29)4-3-5-25(17)40(36,37)33-23-13-20-14-26(35)31-27(20)32-28(23)39-16-19-6-7-22(30)24(12-19)38-15-18-8-10-34(2)11-9-18/h3-7,12-13,18,33H,8-11,14-16H2,1-2H3,(H,31,32,35). The highest BCUT2D eigenvalue weighted by Gasteiger charge is 2.26. The van der Waals surface area contributed by atoms with Gasteiger partial charge in [-0.05, 0) is 87.3 Å². The fourth-order valence-electron chi connectivity index (χ4n) is 4.73. The van der Waals surface area contributed by atoms with Gasteiger partial charge in [0.25, 0.3) is 10.0 Å². The Labute approximate surface area is 243 Å². The van der Waals surface area contributed by atoms with E-state index in [0.29, 0.717) is 45.3 Å². The number of fused-ring (bicyclic) bond motifs is 1. The number of rotatable bonds is 9. The van der Waals surface area contributed by atoms with E-state index in [9.17, 15) is 13.2 Å². The Balaban J connectivity index is 1.35. The second-order valence-electron chi connectivity index (χ2n) is 10.2. The Morgan fingerprint density at radius 1 is 1.10 bits per heavy atom. The number of likely N-dealkylation sites (tertiary alicyclic amines) is 1. The zero-order chi connectivity index (χ0) is 28.4. The number of aromatic nitrogens is 1. The summed E-state index contributed by atoms with van der Waals surface area (Å²) in [6, 6.07) is 11.6. The van der Waals surface area contributed by atoms with Gasteiger partial charge in [0, 0.05) is 10.6 Å². The zero-order valence-electron chi connectivity index (χ0n) is 22.2. The van der Waals surface area contributed by atoms with Crippen molar-refractivity contribution < 1.29 is 22.7 Å². The maximum atomic E-state index is 13.3. The number of piperidine rings is 1. The van der Waals surface area contributed by atoms with Gasteiger partial charge in [0.2, 0.25) is 11.8 Å². The summed E-state index contributed by atoms with van der Waals surface area (Å²) in [5.41, 5.74) is 1.85. The second-order valence-corrected chi connectivity index (χ2v) is 12.6. The van der Waals surface area contributed by atoms with Gasteiger partial charge in [-0.1, -0.05) is 35.3 Å². The SMILES string of the molecule is Cc1c(Cl)cccc1S(=O)(=O)Nc1cc2c(nc1OCc1ccc(Cl)c(OCC3CCN(C)CC3)c1)NC(=O)C2. The maximum absolute atomic E-state index is 13.3. The summed E-state index contributed by atoms with van der Waals surface area (Å²) in [5.74, 6) is 1.15. The number of nitrogens with one attached hydrogen (secondary N) is 2. The number of benzene rings is 2. The molecule has 9 nitrogen and oxygen atoms in total. The molecule has 0 atom stereocenters. The molecule has 3 heterocycles. The third-order valence-electron chi connectivity index (χ3n) is 7.11. The second kappa shape index (κ2) is 11.8. The predicted molar refractivity (Wildman–Crippen MR) is 155 cm³/mol. The Bertz CT molecular complexity index is 1540. The van der Waals surface area contributed by atoms with Crippen molar-refractivity contribution in [3.63, 3.8) is 0 Å². The minimum atomic E-state index is -4.04. The number of sulfonamides is 1. The van der Waals surface area contributed by atoms with Crippen LogP contribution in [0.4, 0.5) is 11.5 Å². The molecule has 5 rings (SSSR count). The van der Waals surface area contributed by atoms with Crippen molar-refractivity contribution in [3.05, 3.63) is 69.2 Å². The molecule has 2 N–H and O–H groups in total. The van der Waals surface area contributed by atoms with Crippen molar-refractivity contribution in [1.29, 1.82) is 0 Å². The molecule has 1 fully saturated rings. The normalized spacial score (nSPS) is 15.9. The smallest absolute Gasteiger partial charge is 0.262 e. The number of hydrogen-bond donors (Lipinski definition) is 2. The van der Waals surface area contributed by atoms with Gasteiger partial charge in [0.15, 0.2) is 0 Å². The lowest BCUT2D eigenvalue weighted by Gasteiger charge is -2.28. The Hall–Kier alpha value is -3.05. The Morgan fingerprint density at radius 3 is 2.65 bits per heavy atom. The quantitative estimate of drug-likeness (QED) is 0.341. The van der Waals surface area contributed by atoms with Crippen LogP contribution in [-0.4, -0.2) is 51.0 Å². The average Bonchev–Trinajstić information content (AvgIpc) is 3.28. The van der Waals surface area contributed by atoms with Gasteiger partial charge in [0.05, 0.1) is 22.9 Å². The first-order valence-corrected chi connectivity index (χ1v) is 15.2. The van der Waals surface area contributed by atoms with Crippen LogP contribution in [0.1, 0.15) is 29.5 Å². The molecule has 40 heavy (non-hydrogen) atoms. The van der Waals surface area contributed by atoms with Gasteiger partial charge in [-0.2, -0.15) is 4.98 Å². The van der Waals surface area contributed by atoms with E-state index in [1.54, 1.807) is 37.3 Å². The van der Waals surface area contributed by atoms with E-state index in [-0.39, 0.29) is 35.4 Å².